The van der Waals surface area contributed by atoms with Crippen molar-refractivity contribution in [1.82, 2.24) is 14.5 Å². The van der Waals surface area contributed by atoms with Gasteiger partial charge < -0.3 is 9.30 Å². The van der Waals surface area contributed by atoms with E-state index in [2.05, 4.69) is 27.7 Å². The first-order valence-electron chi connectivity index (χ1n) is 10.4. The average Bonchev–Trinajstić information content (AvgIpc) is 3.03. The van der Waals surface area contributed by atoms with E-state index in [0.717, 1.165) is 56.3 Å². The number of piperidine rings is 1. The first-order chi connectivity index (χ1) is 14.2. The van der Waals surface area contributed by atoms with E-state index >= 15 is 0 Å². The van der Waals surface area contributed by atoms with Gasteiger partial charge in [-0.15, -0.1) is 0 Å². The second kappa shape index (κ2) is 6.52. The molecule has 1 aromatic heterocycles. The van der Waals surface area contributed by atoms with Crippen molar-refractivity contribution in [3.05, 3.63) is 59.4 Å². The zero-order chi connectivity index (χ0) is 19.5. The minimum atomic E-state index is -0.501. The number of rotatable bonds is 5. The van der Waals surface area contributed by atoms with E-state index in [-0.39, 0.29) is 5.75 Å². The van der Waals surface area contributed by atoms with Gasteiger partial charge in [0.25, 0.3) is 0 Å². The normalized spacial score (nSPS) is 25.4. The second-order valence-electron chi connectivity index (χ2n) is 8.64. The molecule has 2 aliphatic heterocycles. The number of hydrogen-bond acceptors (Lipinski definition) is 3. The lowest BCUT2D eigenvalue weighted by Gasteiger charge is -2.21. The number of hydrogen-bond donors (Lipinski definition) is 0. The number of ether oxygens (including phenoxy) is 1. The average molecular weight is 395 g/mol. The van der Waals surface area contributed by atoms with Crippen LogP contribution in [0.1, 0.15) is 17.8 Å². The fourth-order valence-electron chi connectivity index (χ4n) is 5.39. The fourth-order valence-corrected chi connectivity index (χ4v) is 5.39. The Balaban J connectivity index is 1.09. The number of para-hydroxylation sites is 1. The van der Waals surface area contributed by atoms with Crippen LogP contribution in [0.15, 0.2) is 36.4 Å². The largest absolute Gasteiger partial charge is 0.490 e. The molecule has 1 aliphatic carbocycles. The van der Waals surface area contributed by atoms with Gasteiger partial charge in [-0.25, -0.2) is 13.8 Å². The van der Waals surface area contributed by atoms with Crippen molar-refractivity contribution in [1.29, 1.82) is 0 Å². The highest BCUT2D eigenvalue weighted by Gasteiger charge is 2.55. The third kappa shape index (κ3) is 2.92. The van der Waals surface area contributed by atoms with Crippen molar-refractivity contribution >= 4 is 11.0 Å². The van der Waals surface area contributed by atoms with Gasteiger partial charge in [-0.3, -0.25) is 4.90 Å². The van der Waals surface area contributed by atoms with Crippen LogP contribution in [-0.4, -0.2) is 34.1 Å². The van der Waals surface area contributed by atoms with Gasteiger partial charge in [0.2, 0.25) is 0 Å². The molecule has 6 heteroatoms. The lowest BCUT2D eigenvalue weighted by atomic mass is 10.0. The van der Waals surface area contributed by atoms with Gasteiger partial charge in [-0.1, -0.05) is 12.1 Å². The molecule has 3 aromatic rings. The number of nitrogens with zero attached hydrogens (tertiary/aromatic N) is 3. The Hall–Kier alpha value is -2.47. The number of benzene rings is 2. The number of likely N-dealkylation sites (tertiary alicyclic amines) is 1. The molecule has 0 amide bonds. The van der Waals surface area contributed by atoms with Crippen LogP contribution >= 0.6 is 0 Å². The van der Waals surface area contributed by atoms with Gasteiger partial charge in [-0.05, 0) is 48.4 Å². The number of aromatic nitrogens is 2. The number of imidazole rings is 1. The SMILES string of the molecule is Fc1ccc(F)c(OCC2C3CN(Cc4nc5cccc6c5n4CCC6)CC23)c1. The molecule has 0 bridgehead atoms. The van der Waals surface area contributed by atoms with Crippen molar-refractivity contribution in [3.8, 4) is 5.75 Å². The van der Waals surface area contributed by atoms with Crippen molar-refractivity contribution < 1.29 is 13.5 Å². The van der Waals surface area contributed by atoms with Crippen LogP contribution < -0.4 is 4.74 Å². The molecule has 0 radical (unpaired) electrons. The smallest absolute Gasteiger partial charge is 0.165 e. The molecule has 150 valence electrons. The first kappa shape index (κ1) is 17.4. The molecule has 2 aromatic carbocycles. The molecule has 6 rings (SSSR count). The molecule has 29 heavy (non-hydrogen) atoms. The van der Waals surface area contributed by atoms with Crippen molar-refractivity contribution in [2.24, 2.45) is 17.8 Å². The van der Waals surface area contributed by atoms with E-state index < -0.39 is 11.6 Å². The standard InChI is InChI=1S/C23H23F2N3O/c24-15-6-7-19(25)21(9-15)29-13-18-16-10-27(11-17(16)18)12-22-26-20-5-1-3-14-4-2-8-28(22)23(14)20/h1,3,5-7,9,16-18H,2,4,8,10-13H2. The van der Waals surface area contributed by atoms with Crippen molar-refractivity contribution in [3.63, 3.8) is 0 Å². The topological polar surface area (TPSA) is 30.3 Å². The maximum Gasteiger partial charge on any atom is 0.165 e. The third-order valence-electron chi connectivity index (χ3n) is 6.89. The zero-order valence-electron chi connectivity index (χ0n) is 16.2. The van der Waals surface area contributed by atoms with E-state index in [1.54, 1.807) is 0 Å². The number of fused-ring (bicyclic) bond motifs is 1. The highest BCUT2D eigenvalue weighted by atomic mass is 19.1. The quantitative estimate of drug-likeness (QED) is 0.654. The summed E-state index contributed by atoms with van der Waals surface area (Å²) >= 11 is 0. The summed E-state index contributed by atoms with van der Waals surface area (Å²) in [5.41, 5.74) is 3.85. The summed E-state index contributed by atoms with van der Waals surface area (Å²) < 4.78 is 35.0. The minimum absolute atomic E-state index is 0.0193. The van der Waals surface area contributed by atoms with Crippen LogP contribution in [0.4, 0.5) is 8.78 Å². The van der Waals surface area contributed by atoms with Crippen LogP contribution in [0.2, 0.25) is 0 Å². The Bertz CT molecular complexity index is 1080. The van der Waals surface area contributed by atoms with Crippen LogP contribution in [0.25, 0.3) is 11.0 Å². The van der Waals surface area contributed by atoms with E-state index in [0.29, 0.717) is 24.4 Å². The van der Waals surface area contributed by atoms with Gasteiger partial charge in [-0.2, -0.15) is 0 Å². The summed E-state index contributed by atoms with van der Waals surface area (Å²) in [6.07, 6.45) is 2.32. The molecule has 3 heterocycles. The van der Waals surface area contributed by atoms with Crippen molar-refractivity contribution in [2.45, 2.75) is 25.9 Å². The molecule has 2 atom stereocenters. The van der Waals surface area contributed by atoms with E-state index in [1.807, 2.05) is 0 Å². The number of halogens is 2. The Morgan fingerprint density at radius 1 is 1.10 bits per heavy atom. The molecule has 0 spiro atoms. The van der Waals surface area contributed by atoms with Crippen LogP contribution in [0.5, 0.6) is 5.75 Å². The second-order valence-corrected chi connectivity index (χ2v) is 8.64. The summed E-state index contributed by atoms with van der Waals surface area (Å²) in [6.45, 7) is 4.46. The molecule has 1 saturated carbocycles. The summed E-state index contributed by atoms with van der Waals surface area (Å²) in [7, 11) is 0. The fraction of sp³-hybridized carbons (Fsp3) is 0.435. The predicted molar refractivity (Wildman–Crippen MR) is 106 cm³/mol. The van der Waals surface area contributed by atoms with Crippen LogP contribution in [0.3, 0.4) is 0 Å². The Labute approximate surface area is 168 Å². The summed E-state index contributed by atoms with van der Waals surface area (Å²) in [5.74, 6) is 1.84. The van der Waals surface area contributed by atoms with Gasteiger partial charge in [0, 0.05) is 31.6 Å². The number of aryl methyl sites for hydroxylation is 2. The van der Waals surface area contributed by atoms with E-state index in [4.69, 9.17) is 9.72 Å². The molecule has 0 N–H and O–H groups in total. The predicted octanol–water partition coefficient (Wildman–Crippen LogP) is 4.02. The molecule has 2 fully saturated rings. The highest BCUT2D eigenvalue weighted by molar-refractivity contribution is 5.80. The minimum Gasteiger partial charge on any atom is -0.490 e. The summed E-state index contributed by atoms with van der Waals surface area (Å²) in [4.78, 5) is 7.40. The summed E-state index contributed by atoms with van der Waals surface area (Å²) in [5, 5.41) is 0. The Kier molecular flexibility index (Phi) is 3.91. The molecule has 3 aliphatic rings. The van der Waals surface area contributed by atoms with Gasteiger partial charge in [0.1, 0.15) is 11.6 Å². The van der Waals surface area contributed by atoms with Crippen LogP contribution in [-0.2, 0) is 19.5 Å². The lowest BCUT2D eigenvalue weighted by Crippen LogP contribution is -2.27. The first-order valence-corrected chi connectivity index (χ1v) is 10.4. The highest BCUT2D eigenvalue weighted by Crippen LogP contribution is 2.52. The molecule has 4 nitrogen and oxygen atoms in total. The maximum absolute atomic E-state index is 13.7. The van der Waals surface area contributed by atoms with Gasteiger partial charge in [0.05, 0.1) is 24.2 Å². The Morgan fingerprint density at radius 3 is 2.83 bits per heavy atom. The van der Waals surface area contributed by atoms with Crippen molar-refractivity contribution in [2.75, 3.05) is 19.7 Å². The molecule has 2 unspecified atom stereocenters. The Morgan fingerprint density at radius 2 is 1.97 bits per heavy atom. The maximum atomic E-state index is 13.7. The zero-order valence-corrected chi connectivity index (χ0v) is 16.2. The van der Waals surface area contributed by atoms with Crippen LogP contribution in [0, 0.1) is 29.4 Å². The third-order valence-corrected chi connectivity index (χ3v) is 6.89. The molecule has 1 saturated heterocycles. The lowest BCUT2D eigenvalue weighted by molar-refractivity contribution is 0.221. The summed E-state index contributed by atoms with van der Waals surface area (Å²) in [6, 6.07) is 9.81. The molecular formula is C23H23F2N3O. The van der Waals surface area contributed by atoms with E-state index in [1.165, 1.54) is 23.3 Å². The van der Waals surface area contributed by atoms with Gasteiger partial charge in [0.15, 0.2) is 11.6 Å². The monoisotopic (exact) mass is 395 g/mol. The van der Waals surface area contributed by atoms with E-state index in [9.17, 15) is 8.78 Å². The molecular weight excluding hydrogens is 372 g/mol. The van der Waals surface area contributed by atoms with Gasteiger partial charge >= 0.3 is 0 Å².